The van der Waals surface area contributed by atoms with Crippen molar-refractivity contribution in [1.82, 2.24) is 14.7 Å². The van der Waals surface area contributed by atoms with Gasteiger partial charge in [-0.25, -0.2) is 4.79 Å². The van der Waals surface area contributed by atoms with Crippen LogP contribution in [0.4, 0.5) is 16.2 Å². The van der Waals surface area contributed by atoms with E-state index in [4.69, 9.17) is 4.74 Å². The number of ether oxygens (including phenoxy) is 1. The van der Waals surface area contributed by atoms with Crippen LogP contribution in [0.5, 0.6) is 0 Å². The molecule has 0 saturated carbocycles. The van der Waals surface area contributed by atoms with Crippen LogP contribution in [0, 0.1) is 0 Å². The van der Waals surface area contributed by atoms with Crippen LogP contribution in [0.1, 0.15) is 0 Å². The summed E-state index contributed by atoms with van der Waals surface area (Å²) in [4.78, 5) is 30.0. The van der Waals surface area contributed by atoms with Crippen molar-refractivity contribution < 1.29 is 14.3 Å². The normalized spacial score (nSPS) is 21.3. The highest BCUT2D eigenvalue weighted by atomic mass is 16.6. The SMILES string of the molecule is Cn1cc(N2CCN(CC3CN(c4ccccc4)C(=O)O3)CC2=O)cn1. The van der Waals surface area contributed by atoms with Gasteiger partial charge < -0.3 is 9.64 Å². The second-order valence-electron chi connectivity index (χ2n) is 6.60. The molecule has 1 unspecified atom stereocenters. The summed E-state index contributed by atoms with van der Waals surface area (Å²) in [5.74, 6) is 0.0356. The van der Waals surface area contributed by atoms with Gasteiger partial charge >= 0.3 is 6.09 Å². The molecule has 2 aliphatic heterocycles. The number of cyclic esters (lactones) is 1. The molecule has 136 valence electrons. The van der Waals surface area contributed by atoms with Gasteiger partial charge in [0.25, 0.3) is 0 Å². The van der Waals surface area contributed by atoms with Crippen molar-refractivity contribution in [3.8, 4) is 0 Å². The predicted molar refractivity (Wildman–Crippen MR) is 96.1 cm³/mol. The smallest absolute Gasteiger partial charge is 0.414 e. The average Bonchev–Trinajstić information content (AvgIpc) is 3.21. The summed E-state index contributed by atoms with van der Waals surface area (Å²) >= 11 is 0. The number of rotatable bonds is 4. The standard InChI is InChI=1S/C18H21N5O3/c1-20-10-15(9-19-20)22-8-7-21(13-17(22)24)11-16-12-23(18(25)26-16)14-5-3-2-4-6-14/h2-6,9-10,16H,7-8,11-13H2,1H3. The molecule has 1 atom stereocenters. The number of aromatic nitrogens is 2. The molecule has 1 aromatic carbocycles. The highest BCUT2D eigenvalue weighted by Crippen LogP contribution is 2.22. The Morgan fingerprint density at radius 3 is 2.62 bits per heavy atom. The highest BCUT2D eigenvalue weighted by Gasteiger charge is 2.35. The Labute approximate surface area is 151 Å². The van der Waals surface area contributed by atoms with E-state index in [1.807, 2.05) is 48.5 Å². The molecule has 1 aromatic heterocycles. The van der Waals surface area contributed by atoms with Gasteiger partial charge in [0.2, 0.25) is 5.91 Å². The number of anilines is 2. The van der Waals surface area contributed by atoms with Crippen molar-refractivity contribution in [3.05, 3.63) is 42.7 Å². The molecule has 2 amide bonds. The van der Waals surface area contributed by atoms with Gasteiger partial charge in [-0.2, -0.15) is 5.10 Å². The van der Waals surface area contributed by atoms with Crippen LogP contribution in [0.2, 0.25) is 0 Å². The molecule has 0 bridgehead atoms. The predicted octanol–water partition coefficient (Wildman–Crippen LogP) is 1.09. The van der Waals surface area contributed by atoms with Gasteiger partial charge in [-0.05, 0) is 12.1 Å². The Bertz CT molecular complexity index is 806. The van der Waals surface area contributed by atoms with E-state index in [-0.39, 0.29) is 18.1 Å². The zero-order valence-corrected chi connectivity index (χ0v) is 14.6. The second kappa shape index (κ2) is 6.80. The number of benzene rings is 1. The lowest BCUT2D eigenvalue weighted by atomic mass is 10.2. The maximum absolute atomic E-state index is 12.5. The molecule has 0 aliphatic carbocycles. The second-order valence-corrected chi connectivity index (χ2v) is 6.60. The number of carbonyl (C=O) groups excluding carboxylic acids is 2. The van der Waals surface area contributed by atoms with Crippen molar-refractivity contribution in [3.63, 3.8) is 0 Å². The molecule has 2 saturated heterocycles. The van der Waals surface area contributed by atoms with E-state index in [0.717, 1.165) is 17.9 Å². The lowest BCUT2D eigenvalue weighted by molar-refractivity contribution is -0.121. The first kappa shape index (κ1) is 16.6. The first-order chi connectivity index (χ1) is 12.6. The van der Waals surface area contributed by atoms with Crippen molar-refractivity contribution in [2.75, 3.05) is 42.5 Å². The summed E-state index contributed by atoms with van der Waals surface area (Å²) in [5, 5.41) is 4.12. The first-order valence-electron chi connectivity index (χ1n) is 8.65. The zero-order valence-electron chi connectivity index (χ0n) is 14.6. The number of hydrogen-bond donors (Lipinski definition) is 0. The fourth-order valence-electron chi connectivity index (χ4n) is 3.42. The molecule has 2 fully saturated rings. The third-order valence-corrected chi connectivity index (χ3v) is 4.71. The minimum atomic E-state index is -0.332. The van der Waals surface area contributed by atoms with E-state index >= 15 is 0 Å². The molecular weight excluding hydrogens is 334 g/mol. The lowest BCUT2D eigenvalue weighted by Gasteiger charge is -2.34. The van der Waals surface area contributed by atoms with Crippen molar-refractivity contribution in [1.29, 1.82) is 0 Å². The molecule has 2 aromatic rings. The molecule has 26 heavy (non-hydrogen) atoms. The summed E-state index contributed by atoms with van der Waals surface area (Å²) in [5.41, 5.74) is 1.65. The molecule has 8 heteroatoms. The zero-order chi connectivity index (χ0) is 18.1. The summed E-state index contributed by atoms with van der Waals surface area (Å²) in [6.45, 7) is 2.71. The van der Waals surface area contributed by atoms with Crippen LogP contribution in [0.3, 0.4) is 0 Å². The van der Waals surface area contributed by atoms with Gasteiger partial charge in [0, 0.05) is 38.6 Å². The number of para-hydroxylation sites is 1. The van der Waals surface area contributed by atoms with E-state index in [2.05, 4.69) is 5.10 Å². The molecule has 0 spiro atoms. The van der Waals surface area contributed by atoms with Crippen LogP contribution < -0.4 is 9.80 Å². The van der Waals surface area contributed by atoms with Gasteiger partial charge in [-0.1, -0.05) is 18.2 Å². The van der Waals surface area contributed by atoms with E-state index in [9.17, 15) is 9.59 Å². The summed E-state index contributed by atoms with van der Waals surface area (Å²) < 4.78 is 7.17. The monoisotopic (exact) mass is 355 g/mol. The van der Waals surface area contributed by atoms with Crippen molar-refractivity contribution in [2.24, 2.45) is 7.05 Å². The Kier molecular flexibility index (Phi) is 4.34. The third kappa shape index (κ3) is 3.28. The number of carbonyl (C=O) groups is 2. The van der Waals surface area contributed by atoms with Gasteiger partial charge in [-0.15, -0.1) is 0 Å². The van der Waals surface area contributed by atoms with Crippen LogP contribution in [0.25, 0.3) is 0 Å². The largest absolute Gasteiger partial charge is 0.443 e. The topological polar surface area (TPSA) is 70.9 Å². The van der Waals surface area contributed by atoms with Gasteiger partial charge in [0.15, 0.2) is 0 Å². The quantitative estimate of drug-likeness (QED) is 0.821. The van der Waals surface area contributed by atoms with E-state index in [1.54, 1.807) is 20.7 Å². The van der Waals surface area contributed by atoms with Gasteiger partial charge in [-0.3, -0.25) is 19.3 Å². The molecular formula is C18H21N5O3. The maximum Gasteiger partial charge on any atom is 0.414 e. The summed E-state index contributed by atoms with van der Waals surface area (Å²) in [7, 11) is 1.83. The number of piperazine rings is 1. The Morgan fingerprint density at radius 2 is 1.92 bits per heavy atom. The summed E-state index contributed by atoms with van der Waals surface area (Å²) in [6, 6.07) is 9.48. The molecule has 0 radical (unpaired) electrons. The fraction of sp³-hybridized carbons (Fsp3) is 0.389. The van der Waals surface area contributed by atoms with Crippen molar-refractivity contribution in [2.45, 2.75) is 6.10 Å². The highest BCUT2D eigenvalue weighted by molar-refractivity contribution is 5.95. The molecule has 3 heterocycles. The lowest BCUT2D eigenvalue weighted by Crippen LogP contribution is -2.52. The van der Waals surface area contributed by atoms with Crippen LogP contribution in [-0.2, 0) is 16.6 Å². The molecule has 8 nitrogen and oxygen atoms in total. The summed E-state index contributed by atoms with van der Waals surface area (Å²) in [6.07, 6.45) is 2.97. The minimum absolute atomic E-state index is 0.0356. The third-order valence-electron chi connectivity index (χ3n) is 4.71. The fourth-order valence-corrected chi connectivity index (χ4v) is 3.42. The van der Waals surface area contributed by atoms with Gasteiger partial charge in [0.1, 0.15) is 6.10 Å². The van der Waals surface area contributed by atoms with Crippen molar-refractivity contribution >= 4 is 23.4 Å². The van der Waals surface area contributed by atoms with Gasteiger partial charge in [0.05, 0.1) is 25.0 Å². The number of aryl methyl sites for hydroxylation is 1. The van der Waals surface area contributed by atoms with E-state index < -0.39 is 0 Å². The first-order valence-corrected chi connectivity index (χ1v) is 8.65. The molecule has 0 N–H and O–H groups in total. The minimum Gasteiger partial charge on any atom is -0.443 e. The Balaban J connectivity index is 1.34. The number of nitrogens with zero attached hydrogens (tertiary/aromatic N) is 5. The molecule has 2 aliphatic rings. The van der Waals surface area contributed by atoms with Crippen LogP contribution in [0.15, 0.2) is 42.7 Å². The molecule has 4 rings (SSSR count). The average molecular weight is 355 g/mol. The van der Waals surface area contributed by atoms with Crippen LogP contribution >= 0.6 is 0 Å². The van der Waals surface area contributed by atoms with Crippen LogP contribution in [-0.4, -0.2) is 65.5 Å². The number of hydrogen-bond acceptors (Lipinski definition) is 5. The Hall–Kier alpha value is -2.87. The number of amides is 2. The van der Waals surface area contributed by atoms with E-state index in [0.29, 0.717) is 26.2 Å². The van der Waals surface area contributed by atoms with E-state index in [1.165, 1.54) is 0 Å². The maximum atomic E-state index is 12.5. The Morgan fingerprint density at radius 1 is 1.12 bits per heavy atom.